The lowest BCUT2D eigenvalue weighted by atomic mass is 9.78. The maximum absolute atomic E-state index is 15.2. The molecule has 2 fully saturated rings. The van der Waals surface area contributed by atoms with Crippen LogP contribution in [0.3, 0.4) is 0 Å². The minimum Gasteiger partial charge on any atom is -0.497 e. The van der Waals surface area contributed by atoms with Crippen molar-refractivity contribution in [1.82, 2.24) is 20.1 Å². The van der Waals surface area contributed by atoms with Crippen molar-refractivity contribution in [1.29, 1.82) is 5.26 Å². The number of fused-ring (bicyclic) bond motifs is 1. The van der Waals surface area contributed by atoms with Gasteiger partial charge in [0.2, 0.25) is 5.88 Å². The van der Waals surface area contributed by atoms with Crippen LogP contribution in [-0.2, 0) is 20.4 Å². The topological polar surface area (TPSA) is 154 Å². The van der Waals surface area contributed by atoms with Crippen LogP contribution in [-0.4, -0.2) is 88.2 Å². The van der Waals surface area contributed by atoms with Gasteiger partial charge in [0.1, 0.15) is 16.4 Å². The molecular formula is C38H46N6O7S. The summed E-state index contributed by atoms with van der Waals surface area (Å²) in [4.78, 5) is 37.9. The number of hydrogen-bond acceptors (Lipinski definition) is 10. The number of anilines is 1. The number of benzene rings is 2. The number of amides is 3. The molecule has 14 heteroatoms. The summed E-state index contributed by atoms with van der Waals surface area (Å²) in [6.07, 6.45) is 5.41. The first-order valence-electron chi connectivity index (χ1n) is 17.8. The van der Waals surface area contributed by atoms with Gasteiger partial charge in [-0.2, -0.15) is 9.57 Å². The van der Waals surface area contributed by atoms with Gasteiger partial charge in [-0.05, 0) is 114 Å². The summed E-state index contributed by atoms with van der Waals surface area (Å²) >= 11 is 0. The van der Waals surface area contributed by atoms with Crippen LogP contribution in [0.15, 0.2) is 59.6 Å². The van der Waals surface area contributed by atoms with Gasteiger partial charge in [-0.3, -0.25) is 4.79 Å². The Hall–Kier alpha value is -4.87. The predicted molar refractivity (Wildman–Crippen MR) is 194 cm³/mol. The predicted octanol–water partition coefficient (Wildman–Crippen LogP) is 4.89. The molecule has 276 valence electrons. The maximum atomic E-state index is 15.2. The normalized spacial score (nSPS) is 20.1. The molecule has 13 nitrogen and oxygen atoms in total. The zero-order valence-electron chi connectivity index (χ0n) is 30.3. The molecule has 3 amide bonds. The molecule has 4 heterocycles. The number of urea groups is 1. The first-order chi connectivity index (χ1) is 25.0. The molecule has 52 heavy (non-hydrogen) atoms. The number of pyridine rings is 1. The van der Waals surface area contributed by atoms with Crippen molar-refractivity contribution < 1.29 is 32.2 Å². The molecule has 2 aromatic carbocycles. The van der Waals surface area contributed by atoms with Crippen molar-refractivity contribution in [3.8, 4) is 23.4 Å². The summed E-state index contributed by atoms with van der Waals surface area (Å²) in [6, 6.07) is 13.7. The molecule has 1 atom stereocenters. The van der Waals surface area contributed by atoms with Crippen LogP contribution in [0.4, 0.5) is 10.5 Å². The summed E-state index contributed by atoms with van der Waals surface area (Å²) < 4.78 is 46.6. The van der Waals surface area contributed by atoms with E-state index in [0.717, 1.165) is 38.8 Å². The smallest absolute Gasteiger partial charge is 0.318 e. The summed E-state index contributed by atoms with van der Waals surface area (Å²) in [7, 11) is -1.93. The molecule has 3 aliphatic heterocycles. The molecule has 0 saturated carbocycles. The highest BCUT2D eigenvalue weighted by Crippen LogP contribution is 2.50. The lowest BCUT2D eigenvalue weighted by molar-refractivity contribution is -0.121. The van der Waals surface area contributed by atoms with Crippen LogP contribution in [0.25, 0.3) is 0 Å². The van der Waals surface area contributed by atoms with E-state index < -0.39 is 27.5 Å². The number of ether oxygens (including phenoxy) is 3. The Kier molecular flexibility index (Phi) is 10.6. The molecule has 0 spiro atoms. The zero-order chi connectivity index (χ0) is 37.2. The van der Waals surface area contributed by atoms with Crippen LogP contribution in [0.5, 0.6) is 17.4 Å². The van der Waals surface area contributed by atoms with Gasteiger partial charge in [0.05, 0.1) is 43.7 Å². The maximum Gasteiger partial charge on any atom is 0.318 e. The van der Waals surface area contributed by atoms with Crippen molar-refractivity contribution in [2.75, 3.05) is 51.3 Å². The lowest BCUT2D eigenvalue weighted by Crippen LogP contribution is -2.58. The number of aromatic nitrogens is 1. The summed E-state index contributed by atoms with van der Waals surface area (Å²) in [5.41, 5.74) is -1.76. The van der Waals surface area contributed by atoms with Crippen molar-refractivity contribution in [2.45, 2.75) is 62.9 Å². The van der Waals surface area contributed by atoms with Gasteiger partial charge in [0, 0.05) is 37.0 Å². The minimum atomic E-state index is -4.69. The SMILES string of the molecule is CCOc1ncccc1C1(NC(=O)N2CCC(C3CCN(C(C)C)CC3)CC2)C(=O)N(S(=O)(=O)c2ccc(OC)cc2OC)c2ccc(C#N)cc21. The van der Waals surface area contributed by atoms with E-state index in [0.29, 0.717) is 41.0 Å². The molecule has 3 aliphatic rings. The molecular weight excluding hydrogens is 685 g/mol. The molecule has 0 radical (unpaired) electrons. The third kappa shape index (κ3) is 6.52. The Balaban J connectivity index is 1.41. The molecule has 0 bridgehead atoms. The largest absolute Gasteiger partial charge is 0.497 e. The van der Waals surface area contributed by atoms with Gasteiger partial charge in [-0.25, -0.2) is 18.2 Å². The molecule has 2 saturated heterocycles. The van der Waals surface area contributed by atoms with Crippen LogP contribution in [0.1, 0.15) is 63.1 Å². The molecule has 1 N–H and O–H groups in total. The number of carbonyl (C=O) groups excluding carboxylic acids is 2. The summed E-state index contributed by atoms with van der Waals surface area (Å²) in [6.45, 7) is 9.50. The standard InChI is InChI=1S/C38H46N6O7S/c1-6-51-35-30(8-7-17-40-35)38(41-37(46)43-20-15-28(16-21-43)27-13-18-42(19-14-27)25(2)3)31-22-26(24-39)9-11-32(31)44(36(38)45)52(47,48)34-12-10-29(49-4)23-33(34)50-5/h7-12,17,22-23,25,27-28H,6,13-16,18-21H2,1-5H3,(H,41,46). The van der Waals surface area contributed by atoms with E-state index in [1.165, 1.54) is 56.8 Å². The lowest BCUT2D eigenvalue weighted by Gasteiger charge is -2.42. The van der Waals surface area contributed by atoms with E-state index in [1.54, 1.807) is 24.0 Å². The zero-order valence-corrected chi connectivity index (χ0v) is 31.1. The van der Waals surface area contributed by atoms with Gasteiger partial charge < -0.3 is 29.3 Å². The van der Waals surface area contributed by atoms with Gasteiger partial charge >= 0.3 is 6.03 Å². The monoisotopic (exact) mass is 730 g/mol. The Labute approximate surface area is 305 Å². The van der Waals surface area contributed by atoms with Crippen LogP contribution < -0.4 is 23.8 Å². The van der Waals surface area contributed by atoms with E-state index in [4.69, 9.17) is 14.2 Å². The van der Waals surface area contributed by atoms with Crippen molar-refractivity contribution in [3.63, 3.8) is 0 Å². The van der Waals surface area contributed by atoms with E-state index in [-0.39, 0.29) is 45.5 Å². The molecule has 6 rings (SSSR count). The van der Waals surface area contributed by atoms with Crippen LogP contribution >= 0.6 is 0 Å². The quantitative estimate of drug-likeness (QED) is 0.305. The fraction of sp³-hybridized carbons (Fsp3) is 0.474. The van der Waals surface area contributed by atoms with Crippen LogP contribution in [0, 0.1) is 23.2 Å². The summed E-state index contributed by atoms with van der Waals surface area (Å²) in [5, 5.41) is 13.0. The number of nitrogens with zero attached hydrogens (tertiary/aromatic N) is 5. The second-order valence-electron chi connectivity index (χ2n) is 13.7. The number of methoxy groups -OCH3 is 2. The van der Waals surface area contributed by atoms with E-state index >= 15 is 4.79 Å². The first kappa shape index (κ1) is 36.9. The Morgan fingerprint density at radius 3 is 2.31 bits per heavy atom. The fourth-order valence-electron chi connectivity index (χ4n) is 7.88. The number of likely N-dealkylation sites (tertiary alicyclic amines) is 2. The van der Waals surface area contributed by atoms with Gasteiger partial charge in [0.15, 0.2) is 5.54 Å². The number of rotatable bonds is 10. The number of nitriles is 1. The number of sulfonamides is 1. The molecule has 1 aromatic heterocycles. The average molecular weight is 731 g/mol. The van der Waals surface area contributed by atoms with Crippen molar-refractivity contribution in [2.24, 2.45) is 11.8 Å². The van der Waals surface area contributed by atoms with Crippen molar-refractivity contribution in [3.05, 3.63) is 71.4 Å². The van der Waals surface area contributed by atoms with E-state index in [9.17, 15) is 18.5 Å². The third-order valence-corrected chi connectivity index (χ3v) is 12.4. The van der Waals surface area contributed by atoms with Gasteiger partial charge in [-0.15, -0.1) is 0 Å². The van der Waals surface area contributed by atoms with Crippen molar-refractivity contribution >= 4 is 27.6 Å². The second kappa shape index (κ2) is 15.0. The van der Waals surface area contributed by atoms with E-state index in [2.05, 4.69) is 35.1 Å². The van der Waals surface area contributed by atoms with Gasteiger partial charge in [-0.1, -0.05) is 0 Å². The second-order valence-corrected chi connectivity index (χ2v) is 15.5. The highest BCUT2D eigenvalue weighted by molar-refractivity contribution is 7.93. The molecule has 1 unspecified atom stereocenters. The Morgan fingerprint density at radius 1 is 1.00 bits per heavy atom. The molecule has 0 aliphatic carbocycles. The Morgan fingerprint density at radius 2 is 1.69 bits per heavy atom. The summed E-state index contributed by atoms with van der Waals surface area (Å²) in [5.74, 6) is 0.451. The highest BCUT2D eigenvalue weighted by atomic mass is 32.2. The average Bonchev–Trinajstić information content (AvgIpc) is 3.42. The van der Waals surface area contributed by atoms with Crippen LogP contribution in [0.2, 0.25) is 0 Å². The molecule has 3 aromatic rings. The number of nitrogens with one attached hydrogen (secondary N) is 1. The van der Waals surface area contributed by atoms with Gasteiger partial charge in [0.25, 0.3) is 15.9 Å². The highest BCUT2D eigenvalue weighted by Gasteiger charge is 2.59. The number of carbonyl (C=O) groups is 2. The fourth-order valence-corrected chi connectivity index (χ4v) is 9.49. The Bertz CT molecular complexity index is 1970. The first-order valence-corrected chi connectivity index (χ1v) is 19.2. The third-order valence-electron chi connectivity index (χ3n) is 10.7. The van der Waals surface area contributed by atoms with E-state index in [1.807, 2.05) is 0 Å². The number of piperidine rings is 2. The minimum absolute atomic E-state index is 0.0279. The number of hydrogen-bond donors (Lipinski definition) is 1.